The van der Waals surface area contributed by atoms with Gasteiger partial charge in [-0.25, -0.2) is 0 Å². The first-order chi connectivity index (χ1) is 7.31. The maximum absolute atomic E-state index is 5.17. The van der Waals surface area contributed by atoms with Crippen molar-refractivity contribution in [2.24, 2.45) is 7.05 Å². The van der Waals surface area contributed by atoms with Gasteiger partial charge < -0.3 is 4.74 Å². The molecule has 3 rings (SSSR count). The molecule has 8 nitrogen and oxygen atoms in total. The minimum absolute atomic E-state index is 0.513. The first kappa shape index (κ1) is 8.09. The summed E-state index contributed by atoms with van der Waals surface area (Å²) < 4.78 is 13.1. The molecule has 8 heteroatoms. The number of ether oxygens (including phenoxy) is 1. The van der Waals surface area contributed by atoms with E-state index in [-0.39, 0.29) is 0 Å². The van der Waals surface area contributed by atoms with Crippen LogP contribution in [-0.4, -0.2) is 32.3 Å². The third kappa shape index (κ3) is 0.925. The van der Waals surface area contributed by atoms with Crippen LogP contribution in [0.4, 0.5) is 0 Å². The van der Waals surface area contributed by atoms with Crippen LogP contribution in [0.15, 0.2) is 10.7 Å². The van der Waals surface area contributed by atoms with Crippen LogP contribution in [0.25, 0.3) is 16.8 Å². The summed E-state index contributed by atoms with van der Waals surface area (Å²) in [5.41, 5.74) is 1.82. The minimum atomic E-state index is 0.513. The molecule has 0 spiro atoms. The summed E-state index contributed by atoms with van der Waals surface area (Å²) >= 11 is 0. The molecule has 0 aliphatic heterocycles. The summed E-state index contributed by atoms with van der Waals surface area (Å²) in [7, 11) is 3.30. The maximum atomic E-state index is 5.17. The fraction of sp³-hybridized carbons (Fsp3) is 0.286. The predicted octanol–water partition coefficient (Wildman–Crippen LogP) is -0.901. The number of aryl methyl sites for hydroxylation is 1. The van der Waals surface area contributed by atoms with Crippen molar-refractivity contribution in [1.82, 2.24) is 25.2 Å². The number of hydrogen-bond donors (Lipinski definition) is 0. The number of nitrogens with zero attached hydrogens (tertiary/aromatic N) is 6. The smallest absolute Gasteiger partial charge is 0.370 e. The molecule has 0 atom stereocenters. The highest BCUT2D eigenvalue weighted by atomic mass is 16.6. The highest BCUT2D eigenvalue weighted by Gasteiger charge is 2.21. The van der Waals surface area contributed by atoms with Crippen LogP contribution in [0.1, 0.15) is 0 Å². The van der Waals surface area contributed by atoms with Gasteiger partial charge in [0.2, 0.25) is 11.2 Å². The molecule has 15 heavy (non-hydrogen) atoms. The maximum Gasteiger partial charge on any atom is 0.370 e. The summed E-state index contributed by atoms with van der Waals surface area (Å²) in [4.78, 5) is 0. The Kier molecular flexibility index (Phi) is 1.42. The largest absolute Gasteiger partial charge is 0.493 e. The van der Waals surface area contributed by atoms with Crippen LogP contribution in [0.2, 0.25) is 0 Å². The lowest BCUT2D eigenvalue weighted by Crippen LogP contribution is -2.25. The Morgan fingerprint density at radius 2 is 2.33 bits per heavy atom. The molecule has 0 aliphatic carbocycles. The van der Waals surface area contributed by atoms with E-state index < -0.39 is 0 Å². The van der Waals surface area contributed by atoms with Crippen LogP contribution < -0.4 is 9.48 Å². The standard InChI is InChI=1S/C7H7N6O2/c1-12-4-3-5(14-2)7-8-10-11-13(7)6(4)9-15-12/h3H,1-2H3/q+1. The SMILES string of the molecule is COc1cc2c(no[n+]2C)n2nnnc12. The van der Waals surface area contributed by atoms with Gasteiger partial charge in [-0.3, -0.25) is 0 Å². The highest BCUT2D eigenvalue weighted by molar-refractivity contribution is 5.74. The zero-order valence-electron chi connectivity index (χ0n) is 8.08. The van der Waals surface area contributed by atoms with Crippen LogP contribution in [0.5, 0.6) is 5.75 Å². The molecule has 0 radical (unpaired) electrons. The van der Waals surface area contributed by atoms with E-state index in [1.54, 1.807) is 20.2 Å². The second kappa shape index (κ2) is 2.62. The van der Waals surface area contributed by atoms with Gasteiger partial charge in [-0.15, -0.1) is 9.61 Å². The third-order valence-electron chi connectivity index (χ3n) is 2.20. The molecule has 0 aromatic carbocycles. The summed E-state index contributed by atoms with van der Waals surface area (Å²) in [6.45, 7) is 0. The van der Waals surface area contributed by atoms with Gasteiger partial charge in [-0.1, -0.05) is 9.37 Å². The highest BCUT2D eigenvalue weighted by Crippen LogP contribution is 2.20. The van der Waals surface area contributed by atoms with E-state index in [2.05, 4.69) is 20.7 Å². The van der Waals surface area contributed by atoms with Crippen molar-refractivity contribution >= 4 is 16.8 Å². The molecule has 0 aliphatic rings. The topological polar surface area (TPSA) is 82.2 Å². The van der Waals surface area contributed by atoms with E-state index in [0.29, 0.717) is 17.0 Å². The molecule has 0 fully saturated rings. The van der Waals surface area contributed by atoms with Crippen molar-refractivity contribution in [1.29, 1.82) is 0 Å². The van der Waals surface area contributed by atoms with Crippen molar-refractivity contribution in [2.75, 3.05) is 7.11 Å². The fourth-order valence-electron chi connectivity index (χ4n) is 1.46. The van der Waals surface area contributed by atoms with Gasteiger partial charge in [0.05, 0.1) is 7.11 Å². The molecule has 3 heterocycles. The number of aromatic nitrogens is 6. The number of tetrazole rings is 1. The zero-order chi connectivity index (χ0) is 10.4. The van der Waals surface area contributed by atoms with Gasteiger partial charge in [-0.2, -0.15) is 0 Å². The Labute approximate surface area is 83.0 Å². The third-order valence-corrected chi connectivity index (χ3v) is 2.20. The monoisotopic (exact) mass is 207 g/mol. The van der Waals surface area contributed by atoms with Crippen LogP contribution in [-0.2, 0) is 7.05 Å². The molecule has 0 saturated carbocycles. The molecule has 3 aromatic heterocycles. The van der Waals surface area contributed by atoms with Crippen LogP contribution >= 0.6 is 0 Å². The van der Waals surface area contributed by atoms with Gasteiger partial charge >= 0.3 is 5.65 Å². The van der Waals surface area contributed by atoms with Gasteiger partial charge in [0.15, 0.2) is 10.9 Å². The molecule has 0 unspecified atom stereocenters. The van der Waals surface area contributed by atoms with Crippen molar-refractivity contribution in [3.63, 3.8) is 0 Å². The molecule has 0 saturated heterocycles. The van der Waals surface area contributed by atoms with Gasteiger partial charge in [0.25, 0.3) is 0 Å². The van der Waals surface area contributed by atoms with E-state index >= 15 is 0 Å². The lowest BCUT2D eigenvalue weighted by molar-refractivity contribution is -0.834. The van der Waals surface area contributed by atoms with Crippen LogP contribution in [0.3, 0.4) is 0 Å². The zero-order valence-corrected chi connectivity index (χ0v) is 8.08. The molecule has 76 valence electrons. The average molecular weight is 207 g/mol. The van der Waals surface area contributed by atoms with Gasteiger partial charge in [0.1, 0.15) is 7.05 Å². The summed E-state index contributed by atoms with van der Waals surface area (Å²) in [6.07, 6.45) is 0. The number of methoxy groups -OCH3 is 1. The Balaban J connectivity index is 2.58. The summed E-state index contributed by atoms with van der Waals surface area (Å²) in [6, 6.07) is 1.78. The predicted molar refractivity (Wildman–Crippen MR) is 46.1 cm³/mol. The van der Waals surface area contributed by atoms with Gasteiger partial charge in [0, 0.05) is 6.07 Å². The van der Waals surface area contributed by atoms with Crippen molar-refractivity contribution in [3.8, 4) is 5.75 Å². The lowest BCUT2D eigenvalue weighted by Gasteiger charge is -1.97. The fourth-order valence-corrected chi connectivity index (χ4v) is 1.46. The number of hydrogen-bond acceptors (Lipinski definition) is 6. The molecule has 0 N–H and O–H groups in total. The quantitative estimate of drug-likeness (QED) is 0.481. The molecular formula is C7H7N6O2+. The second-order valence-corrected chi connectivity index (χ2v) is 3.01. The number of pyridine rings is 1. The Morgan fingerprint density at radius 1 is 1.47 bits per heavy atom. The molecule has 0 bridgehead atoms. The first-order valence-electron chi connectivity index (χ1n) is 4.22. The molecular weight excluding hydrogens is 200 g/mol. The number of rotatable bonds is 1. The summed E-state index contributed by atoms with van der Waals surface area (Å²) in [5.74, 6) is 0.575. The van der Waals surface area contributed by atoms with Crippen molar-refractivity contribution in [3.05, 3.63) is 6.07 Å². The van der Waals surface area contributed by atoms with E-state index in [0.717, 1.165) is 5.52 Å². The summed E-state index contributed by atoms with van der Waals surface area (Å²) in [5, 5.41) is 15.1. The average Bonchev–Trinajstić information content (AvgIpc) is 2.83. The van der Waals surface area contributed by atoms with Crippen LogP contribution in [0, 0.1) is 0 Å². The van der Waals surface area contributed by atoms with Crippen molar-refractivity contribution < 1.29 is 14.1 Å². The van der Waals surface area contributed by atoms with Crippen molar-refractivity contribution in [2.45, 2.75) is 0 Å². The minimum Gasteiger partial charge on any atom is -0.493 e. The number of fused-ring (bicyclic) bond motifs is 3. The molecule has 3 aromatic rings. The van der Waals surface area contributed by atoms with E-state index in [9.17, 15) is 0 Å². The van der Waals surface area contributed by atoms with Gasteiger partial charge in [-0.05, 0) is 10.4 Å². The van der Waals surface area contributed by atoms with E-state index in [4.69, 9.17) is 9.37 Å². The Hall–Kier alpha value is -2.25. The molecule has 0 amide bonds. The second-order valence-electron chi connectivity index (χ2n) is 3.01. The normalized spacial score (nSPS) is 11.3. The van der Waals surface area contributed by atoms with E-state index in [1.165, 1.54) is 9.26 Å². The van der Waals surface area contributed by atoms with E-state index in [1.807, 2.05) is 0 Å². The lowest BCUT2D eigenvalue weighted by atomic mass is 10.4. The Bertz CT molecular complexity index is 641. The Morgan fingerprint density at radius 3 is 3.13 bits per heavy atom. The first-order valence-corrected chi connectivity index (χ1v) is 4.22.